The number of alkyl halides is 3. The summed E-state index contributed by atoms with van der Waals surface area (Å²) in [4.78, 5) is 17.4. The Bertz CT molecular complexity index is 1110. The van der Waals surface area contributed by atoms with E-state index in [9.17, 15) is 23.1 Å². The molecule has 1 saturated carbocycles. The number of aromatic nitrogens is 2. The van der Waals surface area contributed by atoms with Gasteiger partial charge in [-0.05, 0) is 49.1 Å². The van der Waals surface area contributed by atoms with Crippen LogP contribution in [0.3, 0.4) is 0 Å². The molecule has 4 rings (SSSR count). The molecule has 0 aliphatic heterocycles. The first-order valence-corrected chi connectivity index (χ1v) is 10.5. The van der Waals surface area contributed by atoms with Crippen LogP contribution in [0, 0.1) is 6.92 Å². The lowest BCUT2D eigenvalue weighted by atomic mass is 9.92. The minimum absolute atomic E-state index is 0.289. The van der Waals surface area contributed by atoms with Crippen molar-refractivity contribution < 1.29 is 27.8 Å². The Hall–Kier alpha value is -3.07. The van der Waals surface area contributed by atoms with Crippen molar-refractivity contribution in [2.75, 3.05) is 0 Å². The van der Waals surface area contributed by atoms with Gasteiger partial charge in [-0.3, -0.25) is 9.78 Å². The average molecular weight is 447 g/mol. The molecule has 0 saturated heterocycles. The van der Waals surface area contributed by atoms with Crippen LogP contribution in [-0.4, -0.2) is 39.1 Å². The van der Waals surface area contributed by atoms with E-state index >= 15 is 0 Å². The highest BCUT2D eigenvalue weighted by Gasteiger charge is 2.31. The normalized spacial score (nSPS) is 19.2. The fourth-order valence-corrected chi connectivity index (χ4v) is 4.20. The first-order valence-electron chi connectivity index (χ1n) is 10.5. The summed E-state index contributed by atoms with van der Waals surface area (Å²) in [5, 5.41) is 13.1. The van der Waals surface area contributed by atoms with Crippen molar-refractivity contribution in [3.8, 4) is 5.75 Å². The second-order valence-corrected chi connectivity index (χ2v) is 8.12. The summed E-state index contributed by atoms with van der Waals surface area (Å²) in [6.07, 6.45) is 1.33. The number of nitrogens with one attached hydrogen (secondary N) is 1. The van der Waals surface area contributed by atoms with Crippen molar-refractivity contribution in [2.24, 2.45) is 0 Å². The fraction of sp³-hybridized carbons (Fsp3) is 0.391. The summed E-state index contributed by atoms with van der Waals surface area (Å²) < 4.78 is 43.0. The second kappa shape index (κ2) is 8.82. The third kappa shape index (κ3) is 4.88. The predicted molar refractivity (Wildman–Crippen MR) is 112 cm³/mol. The molecule has 0 radical (unpaired) electrons. The smallest absolute Gasteiger partial charge is 0.406 e. The minimum Gasteiger partial charge on any atom is -0.406 e. The molecule has 0 unspecified atom stereocenters. The van der Waals surface area contributed by atoms with Crippen molar-refractivity contribution in [3.05, 3.63) is 59.4 Å². The molecule has 1 fully saturated rings. The van der Waals surface area contributed by atoms with Crippen LogP contribution >= 0.6 is 0 Å². The summed E-state index contributed by atoms with van der Waals surface area (Å²) in [5.41, 5.74) is 3.39. The number of halogens is 3. The summed E-state index contributed by atoms with van der Waals surface area (Å²) in [6.45, 7) is 2.25. The van der Waals surface area contributed by atoms with E-state index in [1.54, 1.807) is 24.5 Å². The van der Waals surface area contributed by atoms with Crippen LogP contribution in [-0.2, 0) is 6.54 Å². The molecule has 32 heavy (non-hydrogen) atoms. The average Bonchev–Trinajstić information content (AvgIpc) is 3.10. The molecule has 3 aromatic rings. The molecule has 1 amide bonds. The highest BCUT2D eigenvalue weighted by molar-refractivity contribution is 6.06. The number of carbonyl (C=O) groups is 1. The van der Waals surface area contributed by atoms with Gasteiger partial charge in [0.1, 0.15) is 11.3 Å². The van der Waals surface area contributed by atoms with Crippen LogP contribution in [0.5, 0.6) is 5.75 Å². The van der Waals surface area contributed by atoms with Gasteiger partial charge in [0.05, 0.1) is 23.2 Å². The molecule has 0 bridgehead atoms. The molecule has 1 aliphatic carbocycles. The molecule has 2 atom stereocenters. The maximum Gasteiger partial charge on any atom is 0.573 e. The highest BCUT2D eigenvalue weighted by Crippen LogP contribution is 2.27. The number of ether oxygens (including phenoxy) is 1. The molecule has 2 N–H and O–H groups in total. The summed E-state index contributed by atoms with van der Waals surface area (Å²) in [7, 11) is 0. The number of fused-ring (bicyclic) bond motifs is 1. The quantitative estimate of drug-likeness (QED) is 0.611. The van der Waals surface area contributed by atoms with Crippen molar-refractivity contribution in [1.29, 1.82) is 0 Å². The zero-order chi connectivity index (χ0) is 22.9. The van der Waals surface area contributed by atoms with Gasteiger partial charge in [-0.2, -0.15) is 0 Å². The monoisotopic (exact) mass is 447 g/mol. The van der Waals surface area contributed by atoms with Crippen molar-refractivity contribution in [1.82, 2.24) is 14.9 Å². The van der Waals surface area contributed by atoms with Crippen LogP contribution in [0.25, 0.3) is 11.0 Å². The lowest BCUT2D eigenvalue weighted by Crippen LogP contribution is -2.45. The van der Waals surface area contributed by atoms with Gasteiger partial charge in [0, 0.05) is 18.9 Å². The number of aliphatic hydroxyl groups excluding tert-OH is 1. The van der Waals surface area contributed by atoms with Gasteiger partial charge in [-0.15, -0.1) is 13.2 Å². The highest BCUT2D eigenvalue weighted by atomic mass is 19.4. The number of benzene rings is 1. The number of aryl methyl sites for hydroxylation is 1. The number of pyridine rings is 1. The van der Waals surface area contributed by atoms with Crippen molar-refractivity contribution in [2.45, 2.75) is 57.7 Å². The lowest BCUT2D eigenvalue weighted by Gasteiger charge is -2.28. The van der Waals surface area contributed by atoms with Gasteiger partial charge < -0.3 is 19.7 Å². The third-order valence-corrected chi connectivity index (χ3v) is 5.75. The zero-order valence-corrected chi connectivity index (χ0v) is 17.5. The predicted octanol–water partition coefficient (Wildman–Crippen LogP) is 4.32. The first kappa shape index (κ1) is 22.1. The summed E-state index contributed by atoms with van der Waals surface area (Å²) in [6, 6.07) is 7.18. The van der Waals surface area contributed by atoms with Gasteiger partial charge >= 0.3 is 6.36 Å². The Labute approximate surface area is 183 Å². The lowest BCUT2D eigenvalue weighted by molar-refractivity contribution is -0.274. The van der Waals surface area contributed by atoms with E-state index in [0.717, 1.165) is 35.9 Å². The van der Waals surface area contributed by atoms with Crippen LogP contribution in [0.2, 0.25) is 0 Å². The number of hydrogen-bond acceptors (Lipinski definition) is 4. The SMILES string of the molecule is Cc1ccnc2c(C(=O)N[C@H]3CCCC[C@@H]3O)cn(Cc3ccc(OC(F)(F)F)cc3)c12. The summed E-state index contributed by atoms with van der Waals surface area (Å²) >= 11 is 0. The van der Waals surface area contributed by atoms with Gasteiger partial charge in [-0.1, -0.05) is 25.0 Å². The van der Waals surface area contributed by atoms with Gasteiger partial charge in [-0.25, -0.2) is 0 Å². The number of aliphatic hydroxyl groups is 1. The van der Waals surface area contributed by atoms with E-state index in [2.05, 4.69) is 15.0 Å². The van der Waals surface area contributed by atoms with E-state index in [-0.39, 0.29) is 17.7 Å². The maximum absolute atomic E-state index is 13.0. The van der Waals surface area contributed by atoms with Crippen LogP contribution < -0.4 is 10.1 Å². The van der Waals surface area contributed by atoms with E-state index in [0.29, 0.717) is 24.0 Å². The van der Waals surface area contributed by atoms with Gasteiger partial charge in [0.15, 0.2) is 0 Å². The van der Waals surface area contributed by atoms with E-state index in [4.69, 9.17) is 0 Å². The molecular formula is C23H24F3N3O3. The Morgan fingerprint density at radius 2 is 1.94 bits per heavy atom. The molecule has 2 heterocycles. The Morgan fingerprint density at radius 1 is 1.22 bits per heavy atom. The van der Waals surface area contributed by atoms with Crippen molar-refractivity contribution >= 4 is 16.9 Å². The molecule has 1 aliphatic rings. The fourth-order valence-electron chi connectivity index (χ4n) is 4.20. The minimum atomic E-state index is -4.74. The largest absolute Gasteiger partial charge is 0.573 e. The maximum atomic E-state index is 13.0. The van der Waals surface area contributed by atoms with Gasteiger partial charge in [0.2, 0.25) is 0 Å². The van der Waals surface area contributed by atoms with Crippen molar-refractivity contribution in [3.63, 3.8) is 0 Å². The van der Waals surface area contributed by atoms with E-state index < -0.39 is 12.5 Å². The first-order chi connectivity index (χ1) is 15.2. The Balaban J connectivity index is 1.60. The molecular weight excluding hydrogens is 423 g/mol. The number of nitrogens with zero attached hydrogens (tertiary/aromatic N) is 2. The van der Waals surface area contributed by atoms with Gasteiger partial charge in [0.25, 0.3) is 5.91 Å². The van der Waals surface area contributed by atoms with Crippen LogP contribution in [0.1, 0.15) is 47.2 Å². The molecule has 0 spiro atoms. The molecule has 9 heteroatoms. The molecule has 6 nitrogen and oxygen atoms in total. The number of rotatable bonds is 5. The van der Waals surface area contributed by atoms with Crippen LogP contribution in [0.4, 0.5) is 13.2 Å². The molecule has 2 aromatic heterocycles. The second-order valence-electron chi connectivity index (χ2n) is 8.12. The number of amides is 1. The number of hydrogen-bond donors (Lipinski definition) is 2. The Morgan fingerprint density at radius 3 is 2.62 bits per heavy atom. The topological polar surface area (TPSA) is 76.4 Å². The van der Waals surface area contributed by atoms with Crippen LogP contribution in [0.15, 0.2) is 42.7 Å². The molecule has 1 aromatic carbocycles. The molecule has 170 valence electrons. The standard InChI is InChI=1S/C23H24F3N3O3/c1-14-10-11-27-20-17(22(31)28-18-4-2-3-5-19(18)30)13-29(21(14)20)12-15-6-8-16(9-7-15)32-23(24,25)26/h6-11,13,18-19,30H,2-5,12H2,1H3,(H,28,31)/t18-,19-/m0/s1. The number of carbonyl (C=O) groups excluding carboxylic acids is 1. The summed E-state index contributed by atoms with van der Waals surface area (Å²) in [5.74, 6) is -0.589. The third-order valence-electron chi connectivity index (χ3n) is 5.75. The van der Waals surface area contributed by atoms with E-state index in [1.807, 2.05) is 17.6 Å². The Kier molecular flexibility index (Phi) is 6.10. The zero-order valence-electron chi connectivity index (χ0n) is 17.5. The van der Waals surface area contributed by atoms with E-state index in [1.165, 1.54) is 12.1 Å².